The van der Waals surface area contributed by atoms with E-state index in [0.29, 0.717) is 6.54 Å². The van der Waals surface area contributed by atoms with Crippen molar-refractivity contribution in [2.24, 2.45) is 5.92 Å². The number of carbonyl (C=O) groups is 1. The number of aliphatic hydroxyl groups is 1. The van der Waals surface area contributed by atoms with Gasteiger partial charge in [-0.3, -0.25) is 4.40 Å². The zero-order chi connectivity index (χ0) is 16.4. The SMILES string of the molecule is CC(C)C(NC(=O)N1CCCC1CO)c1nnc2ccccn12. The van der Waals surface area contributed by atoms with Crippen molar-refractivity contribution < 1.29 is 9.90 Å². The molecule has 3 heterocycles. The summed E-state index contributed by atoms with van der Waals surface area (Å²) in [5, 5.41) is 20.9. The molecular weight excluding hydrogens is 294 g/mol. The highest BCUT2D eigenvalue weighted by atomic mass is 16.3. The topological polar surface area (TPSA) is 82.8 Å². The number of amides is 2. The van der Waals surface area contributed by atoms with Gasteiger partial charge in [0, 0.05) is 12.7 Å². The molecule has 0 bridgehead atoms. The summed E-state index contributed by atoms with van der Waals surface area (Å²) in [6.45, 7) is 4.78. The van der Waals surface area contributed by atoms with E-state index in [1.54, 1.807) is 4.90 Å². The van der Waals surface area contributed by atoms with E-state index in [1.165, 1.54) is 0 Å². The summed E-state index contributed by atoms with van der Waals surface area (Å²) in [5.74, 6) is 0.894. The molecule has 124 valence electrons. The lowest BCUT2D eigenvalue weighted by Crippen LogP contribution is -2.46. The van der Waals surface area contributed by atoms with Crippen molar-refractivity contribution in [2.45, 2.75) is 38.8 Å². The normalized spacial score (nSPS) is 19.5. The number of likely N-dealkylation sites (tertiary alicyclic amines) is 1. The van der Waals surface area contributed by atoms with Crippen LogP contribution in [0, 0.1) is 5.92 Å². The minimum Gasteiger partial charge on any atom is -0.394 e. The number of urea groups is 1. The Morgan fingerprint density at radius 3 is 3.00 bits per heavy atom. The zero-order valence-electron chi connectivity index (χ0n) is 13.5. The van der Waals surface area contributed by atoms with Crippen LogP contribution in [0.4, 0.5) is 4.79 Å². The number of aliphatic hydroxyl groups excluding tert-OH is 1. The summed E-state index contributed by atoms with van der Waals surface area (Å²) in [7, 11) is 0. The molecule has 1 saturated heterocycles. The molecule has 1 aliphatic rings. The minimum atomic E-state index is -0.236. The smallest absolute Gasteiger partial charge is 0.318 e. The van der Waals surface area contributed by atoms with Crippen LogP contribution in [0.1, 0.15) is 38.6 Å². The second-order valence-corrected chi connectivity index (χ2v) is 6.33. The summed E-state index contributed by atoms with van der Waals surface area (Å²) in [6.07, 6.45) is 3.68. The Labute approximate surface area is 135 Å². The zero-order valence-corrected chi connectivity index (χ0v) is 13.5. The van der Waals surface area contributed by atoms with E-state index < -0.39 is 0 Å². The van der Waals surface area contributed by atoms with Crippen LogP contribution in [0.2, 0.25) is 0 Å². The largest absolute Gasteiger partial charge is 0.394 e. The fourth-order valence-electron chi connectivity index (χ4n) is 3.11. The monoisotopic (exact) mass is 317 g/mol. The number of pyridine rings is 1. The second kappa shape index (κ2) is 6.54. The van der Waals surface area contributed by atoms with Gasteiger partial charge in [0.1, 0.15) is 0 Å². The molecule has 2 aromatic rings. The summed E-state index contributed by atoms with van der Waals surface area (Å²) >= 11 is 0. The fourth-order valence-corrected chi connectivity index (χ4v) is 3.11. The number of nitrogens with zero attached hydrogens (tertiary/aromatic N) is 4. The Kier molecular flexibility index (Phi) is 4.47. The van der Waals surface area contributed by atoms with Crippen LogP contribution >= 0.6 is 0 Å². The molecule has 0 aliphatic carbocycles. The molecule has 0 radical (unpaired) electrons. The van der Waals surface area contributed by atoms with Gasteiger partial charge in [-0.05, 0) is 30.9 Å². The molecule has 0 spiro atoms. The number of nitrogens with one attached hydrogen (secondary N) is 1. The van der Waals surface area contributed by atoms with Crippen molar-refractivity contribution in [3.05, 3.63) is 30.2 Å². The van der Waals surface area contributed by atoms with Crippen LogP contribution in [-0.4, -0.2) is 49.8 Å². The van der Waals surface area contributed by atoms with Gasteiger partial charge in [0.25, 0.3) is 0 Å². The first-order chi connectivity index (χ1) is 11.1. The van der Waals surface area contributed by atoms with E-state index >= 15 is 0 Å². The average molecular weight is 317 g/mol. The van der Waals surface area contributed by atoms with Gasteiger partial charge in [-0.15, -0.1) is 10.2 Å². The summed E-state index contributed by atoms with van der Waals surface area (Å²) < 4.78 is 1.90. The van der Waals surface area contributed by atoms with Crippen molar-refractivity contribution in [3.63, 3.8) is 0 Å². The van der Waals surface area contributed by atoms with Gasteiger partial charge in [0.05, 0.1) is 18.7 Å². The van der Waals surface area contributed by atoms with Crippen LogP contribution < -0.4 is 5.32 Å². The maximum Gasteiger partial charge on any atom is 0.318 e. The Balaban J connectivity index is 1.83. The quantitative estimate of drug-likeness (QED) is 0.897. The molecule has 1 fully saturated rings. The van der Waals surface area contributed by atoms with Gasteiger partial charge in [-0.2, -0.15) is 0 Å². The number of hydrogen-bond donors (Lipinski definition) is 2. The van der Waals surface area contributed by atoms with Crippen LogP contribution in [0.25, 0.3) is 5.65 Å². The first kappa shape index (κ1) is 15.7. The van der Waals surface area contributed by atoms with Gasteiger partial charge in [0.15, 0.2) is 11.5 Å². The molecule has 23 heavy (non-hydrogen) atoms. The average Bonchev–Trinajstić information content (AvgIpc) is 3.18. The standard InChI is InChI=1S/C16H23N5O2/c1-11(2)14(15-19-18-13-7-3-4-8-21(13)15)17-16(23)20-9-5-6-12(20)10-22/h3-4,7-8,11-12,14,22H,5-6,9-10H2,1-2H3,(H,17,23). The number of carbonyl (C=O) groups excluding carboxylic acids is 1. The van der Waals surface area contributed by atoms with Crippen molar-refractivity contribution in [2.75, 3.05) is 13.2 Å². The highest BCUT2D eigenvalue weighted by Gasteiger charge is 2.31. The lowest BCUT2D eigenvalue weighted by molar-refractivity contribution is 0.152. The molecule has 2 aromatic heterocycles. The predicted octanol–water partition coefficient (Wildman–Crippen LogP) is 1.59. The molecule has 0 saturated carbocycles. The van der Waals surface area contributed by atoms with E-state index in [-0.39, 0.29) is 30.6 Å². The van der Waals surface area contributed by atoms with Crippen LogP contribution in [0.5, 0.6) is 0 Å². The molecule has 2 atom stereocenters. The molecule has 2 amide bonds. The Morgan fingerprint density at radius 2 is 2.26 bits per heavy atom. The third-order valence-electron chi connectivity index (χ3n) is 4.41. The fraction of sp³-hybridized carbons (Fsp3) is 0.562. The van der Waals surface area contributed by atoms with Crippen LogP contribution in [-0.2, 0) is 0 Å². The van der Waals surface area contributed by atoms with Gasteiger partial charge in [-0.25, -0.2) is 4.79 Å². The maximum atomic E-state index is 12.6. The molecular formula is C16H23N5O2. The van der Waals surface area contributed by atoms with E-state index in [9.17, 15) is 9.90 Å². The Hall–Kier alpha value is -2.15. The molecule has 2 N–H and O–H groups in total. The number of hydrogen-bond acceptors (Lipinski definition) is 4. The maximum absolute atomic E-state index is 12.6. The van der Waals surface area contributed by atoms with Gasteiger partial charge >= 0.3 is 6.03 Å². The number of fused-ring (bicyclic) bond motifs is 1. The summed E-state index contributed by atoms with van der Waals surface area (Å²) in [5.41, 5.74) is 0.761. The molecule has 3 rings (SSSR count). The van der Waals surface area contributed by atoms with E-state index in [0.717, 1.165) is 24.3 Å². The molecule has 2 unspecified atom stereocenters. The van der Waals surface area contributed by atoms with Crippen LogP contribution in [0.3, 0.4) is 0 Å². The summed E-state index contributed by atoms with van der Waals surface area (Å²) in [6, 6.07) is 5.25. The van der Waals surface area contributed by atoms with Crippen molar-refractivity contribution in [1.82, 2.24) is 24.8 Å². The predicted molar refractivity (Wildman–Crippen MR) is 85.9 cm³/mol. The second-order valence-electron chi connectivity index (χ2n) is 6.33. The van der Waals surface area contributed by atoms with Crippen LogP contribution in [0.15, 0.2) is 24.4 Å². The number of aromatic nitrogens is 3. The lowest BCUT2D eigenvalue weighted by atomic mass is 10.0. The first-order valence-corrected chi connectivity index (χ1v) is 8.09. The Bertz CT molecular complexity index is 684. The molecule has 7 heteroatoms. The van der Waals surface area contributed by atoms with Gasteiger partial charge < -0.3 is 15.3 Å². The first-order valence-electron chi connectivity index (χ1n) is 8.09. The minimum absolute atomic E-state index is 0.00757. The summed E-state index contributed by atoms with van der Waals surface area (Å²) in [4.78, 5) is 14.3. The van der Waals surface area contributed by atoms with E-state index in [4.69, 9.17) is 0 Å². The van der Waals surface area contributed by atoms with Gasteiger partial charge in [0.2, 0.25) is 0 Å². The van der Waals surface area contributed by atoms with Crippen molar-refractivity contribution in [1.29, 1.82) is 0 Å². The molecule has 7 nitrogen and oxygen atoms in total. The molecule has 0 aromatic carbocycles. The van der Waals surface area contributed by atoms with Gasteiger partial charge in [-0.1, -0.05) is 19.9 Å². The van der Waals surface area contributed by atoms with E-state index in [1.807, 2.05) is 42.6 Å². The van der Waals surface area contributed by atoms with E-state index in [2.05, 4.69) is 15.5 Å². The lowest BCUT2D eigenvalue weighted by Gasteiger charge is -2.28. The van der Waals surface area contributed by atoms with Crippen molar-refractivity contribution in [3.8, 4) is 0 Å². The third kappa shape index (κ3) is 3.01. The highest BCUT2D eigenvalue weighted by Crippen LogP contribution is 2.23. The Morgan fingerprint density at radius 1 is 1.43 bits per heavy atom. The van der Waals surface area contributed by atoms with Crippen molar-refractivity contribution >= 4 is 11.7 Å². The number of rotatable bonds is 4. The highest BCUT2D eigenvalue weighted by molar-refractivity contribution is 5.75. The molecule has 1 aliphatic heterocycles. The third-order valence-corrected chi connectivity index (χ3v) is 4.41.